The highest BCUT2D eigenvalue weighted by molar-refractivity contribution is 5.64. The van der Waals surface area contributed by atoms with Crippen molar-refractivity contribution in [3.63, 3.8) is 0 Å². The maximum atomic E-state index is 10.8. The average molecular weight is 211 g/mol. The number of methoxy groups -OCH3 is 1. The lowest BCUT2D eigenvalue weighted by molar-refractivity contribution is -0.387. The molecule has 0 N–H and O–H groups in total. The van der Waals surface area contributed by atoms with Gasteiger partial charge in [0.2, 0.25) is 11.5 Å². The zero-order valence-electron chi connectivity index (χ0n) is 8.06. The van der Waals surface area contributed by atoms with Gasteiger partial charge < -0.3 is 14.2 Å². The van der Waals surface area contributed by atoms with E-state index in [4.69, 9.17) is 14.2 Å². The largest absolute Gasteiger partial charge is 0.490 e. The second kappa shape index (κ2) is 3.64. The van der Waals surface area contributed by atoms with Crippen LogP contribution in [0.1, 0.15) is 0 Å². The topological polar surface area (TPSA) is 70.8 Å². The Bertz CT molecular complexity index is 404. The third-order valence-electron chi connectivity index (χ3n) is 2.05. The normalized spacial score (nSPS) is 13.4. The molecular weight excluding hydrogens is 202 g/mol. The van der Waals surface area contributed by atoms with Gasteiger partial charge in [-0.25, -0.2) is 0 Å². The van der Waals surface area contributed by atoms with Crippen molar-refractivity contribution in [3.05, 3.63) is 22.2 Å². The molecule has 2 rings (SSSR count). The molecule has 0 radical (unpaired) electrons. The Kier molecular flexibility index (Phi) is 2.32. The van der Waals surface area contributed by atoms with E-state index in [1.807, 2.05) is 0 Å². The maximum Gasteiger partial charge on any atom is 0.356 e. The molecule has 0 atom stereocenters. The van der Waals surface area contributed by atoms with Crippen LogP contribution in [0.3, 0.4) is 0 Å². The fourth-order valence-corrected chi connectivity index (χ4v) is 1.42. The smallest absolute Gasteiger partial charge is 0.356 e. The van der Waals surface area contributed by atoms with Gasteiger partial charge in [-0.15, -0.1) is 0 Å². The third kappa shape index (κ3) is 1.54. The summed E-state index contributed by atoms with van der Waals surface area (Å²) in [7, 11) is 1.37. The highest BCUT2D eigenvalue weighted by atomic mass is 16.6. The second-order valence-corrected chi connectivity index (χ2v) is 2.90. The standard InChI is InChI=1S/C9H9NO5/c1-13-6-2-3-7-9(8(6)10(11)12)15-5-4-14-7/h2-3H,4-5H2,1H3. The minimum absolute atomic E-state index is 0.144. The Morgan fingerprint density at radius 3 is 2.80 bits per heavy atom. The van der Waals surface area contributed by atoms with Crippen molar-refractivity contribution in [2.75, 3.05) is 20.3 Å². The van der Waals surface area contributed by atoms with Crippen molar-refractivity contribution in [2.24, 2.45) is 0 Å². The average Bonchev–Trinajstić information content (AvgIpc) is 2.27. The summed E-state index contributed by atoms with van der Waals surface area (Å²) in [6, 6.07) is 3.09. The molecule has 80 valence electrons. The van der Waals surface area contributed by atoms with Crippen molar-refractivity contribution < 1.29 is 19.1 Å². The molecule has 0 spiro atoms. The number of nitrogens with zero attached hydrogens (tertiary/aromatic N) is 1. The zero-order chi connectivity index (χ0) is 10.8. The molecule has 0 bridgehead atoms. The molecule has 0 fully saturated rings. The predicted molar refractivity (Wildman–Crippen MR) is 50.6 cm³/mol. The van der Waals surface area contributed by atoms with Crippen LogP contribution in [-0.2, 0) is 0 Å². The first kappa shape index (κ1) is 9.57. The number of rotatable bonds is 2. The first-order valence-electron chi connectivity index (χ1n) is 4.35. The van der Waals surface area contributed by atoms with Gasteiger partial charge in [-0.1, -0.05) is 0 Å². The SMILES string of the molecule is COc1ccc2c(c1[N+](=O)[O-])OCCO2. The molecule has 1 aromatic rings. The molecule has 0 saturated carbocycles. The summed E-state index contributed by atoms with van der Waals surface area (Å²) in [6.45, 7) is 0.706. The molecule has 0 aliphatic carbocycles. The maximum absolute atomic E-state index is 10.8. The molecule has 1 aliphatic rings. The van der Waals surface area contributed by atoms with E-state index in [9.17, 15) is 10.1 Å². The van der Waals surface area contributed by atoms with Crippen LogP contribution in [0, 0.1) is 10.1 Å². The van der Waals surface area contributed by atoms with Gasteiger partial charge in [0, 0.05) is 0 Å². The molecule has 15 heavy (non-hydrogen) atoms. The lowest BCUT2D eigenvalue weighted by Gasteiger charge is -2.18. The van der Waals surface area contributed by atoms with Crippen LogP contribution in [-0.4, -0.2) is 25.2 Å². The van der Waals surface area contributed by atoms with E-state index in [1.54, 1.807) is 6.07 Å². The summed E-state index contributed by atoms with van der Waals surface area (Å²) >= 11 is 0. The van der Waals surface area contributed by atoms with Gasteiger partial charge in [0.25, 0.3) is 0 Å². The molecule has 1 heterocycles. The van der Waals surface area contributed by atoms with Crippen molar-refractivity contribution >= 4 is 5.69 Å². The van der Waals surface area contributed by atoms with E-state index in [-0.39, 0.29) is 17.2 Å². The predicted octanol–water partition coefficient (Wildman–Crippen LogP) is 1.37. The molecule has 0 amide bonds. The van der Waals surface area contributed by atoms with E-state index >= 15 is 0 Å². The Labute approximate surface area is 85.5 Å². The molecule has 0 saturated heterocycles. The van der Waals surface area contributed by atoms with E-state index in [0.29, 0.717) is 19.0 Å². The van der Waals surface area contributed by atoms with E-state index < -0.39 is 4.92 Å². The van der Waals surface area contributed by atoms with Gasteiger partial charge in [-0.2, -0.15) is 0 Å². The molecule has 0 unspecified atom stereocenters. The van der Waals surface area contributed by atoms with Crippen LogP contribution in [0.25, 0.3) is 0 Å². The summed E-state index contributed by atoms with van der Waals surface area (Å²) < 4.78 is 15.3. The Morgan fingerprint density at radius 1 is 1.40 bits per heavy atom. The first-order valence-corrected chi connectivity index (χ1v) is 4.35. The van der Waals surface area contributed by atoms with Crippen molar-refractivity contribution in [2.45, 2.75) is 0 Å². The van der Waals surface area contributed by atoms with Crippen LogP contribution in [0.4, 0.5) is 5.69 Å². The summed E-state index contributed by atoms with van der Waals surface area (Å²) in [4.78, 5) is 10.3. The Morgan fingerprint density at radius 2 is 2.13 bits per heavy atom. The van der Waals surface area contributed by atoms with Crippen LogP contribution in [0.15, 0.2) is 12.1 Å². The fraction of sp³-hybridized carbons (Fsp3) is 0.333. The quantitative estimate of drug-likeness (QED) is 0.545. The number of benzene rings is 1. The zero-order valence-corrected chi connectivity index (χ0v) is 8.06. The third-order valence-corrected chi connectivity index (χ3v) is 2.05. The summed E-state index contributed by atoms with van der Waals surface area (Å²) in [5, 5.41) is 10.8. The number of nitro groups is 1. The lowest BCUT2D eigenvalue weighted by atomic mass is 10.2. The van der Waals surface area contributed by atoms with Crippen LogP contribution in [0.2, 0.25) is 0 Å². The summed E-state index contributed by atoms with van der Waals surface area (Å²) in [5.74, 6) is 0.698. The second-order valence-electron chi connectivity index (χ2n) is 2.90. The number of ether oxygens (including phenoxy) is 3. The number of nitro benzene ring substituents is 1. The van der Waals surface area contributed by atoms with Gasteiger partial charge in [0.05, 0.1) is 12.0 Å². The highest BCUT2D eigenvalue weighted by Gasteiger charge is 2.28. The summed E-state index contributed by atoms with van der Waals surface area (Å²) in [6.07, 6.45) is 0. The molecule has 6 heteroatoms. The molecule has 6 nitrogen and oxygen atoms in total. The molecule has 1 aliphatic heterocycles. The van der Waals surface area contributed by atoms with E-state index in [1.165, 1.54) is 13.2 Å². The van der Waals surface area contributed by atoms with E-state index in [2.05, 4.69) is 0 Å². The van der Waals surface area contributed by atoms with Crippen LogP contribution < -0.4 is 14.2 Å². The van der Waals surface area contributed by atoms with E-state index in [0.717, 1.165) is 0 Å². The molecule has 1 aromatic carbocycles. The minimum atomic E-state index is -0.535. The molecule has 0 aromatic heterocycles. The van der Waals surface area contributed by atoms with Crippen molar-refractivity contribution in [1.29, 1.82) is 0 Å². The minimum Gasteiger partial charge on any atom is -0.490 e. The fourth-order valence-electron chi connectivity index (χ4n) is 1.42. The van der Waals surface area contributed by atoms with Crippen molar-refractivity contribution in [3.8, 4) is 17.2 Å². The first-order chi connectivity index (χ1) is 7.24. The number of hydrogen-bond acceptors (Lipinski definition) is 5. The summed E-state index contributed by atoms with van der Waals surface area (Å²) in [5.41, 5.74) is -0.185. The molecular formula is C9H9NO5. The lowest BCUT2D eigenvalue weighted by Crippen LogP contribution is -2.16. The Hall–Kier alpha value is -1.98. The highest BCUT2D eigenvalue weighted by Crippen LogP contribution is 2.44. The van der Waals surface area contributed by atoms with Crippen LogP contribution in [0.5, 0.6) is 17.2 Å². The van der Waals surface area contributed by atoms with Gasteiger partial charge in [0.15, 0.2) is 5.75 Å². The van der Waals surface area contributed by atoms with Crippen LogP contribution >= 0.6 is 0 Å². The van der Waals surface area contributed by atoms with Gasteiger partial charge in [-0.05, 0) is 12.1 Å². The van der Waals surface area contributed by atoms with Gasteiger partial charge in [-0.3, -0.25) is 10.1 Å². The van der Waals surface area contributed by atoms with Crippen molar-refractivity contribution in [1.82, 2.24) is 0 Å². The van der Waals surface area contributed by atoms with Gasteiger partial charge >= 0.3 is 5.69 Å². The number of fused-ring (bicyclic) bond motifs is 1. The monoisotopic (exact) mass is 211 g/mol. The number of hydrogen-bond donors (Lipinski definition) is 0. The Balaban J connectivity index is 2.59. The van der Waals surface area contributed by atoms with Gasteiger partial charge in [0.1, 0.15) is 13.2 Å².